The predicted molar refractivity (Wildman–Crippen MR) is 54.1 cm³/mol. The maximum atomic E-state index is 13.6. The van der Waals surface area contributed by atoms with Crippen LogP contribution in [0.2, 0.25) is 0 Å². The first-order valence-electron chi connectivity index (χ1n) is 4.73. The maximum Gasteiger partial charge on any atom is 0.336 e. The third-order valence-corrected chi connectivity index (χ3v) is 3.46. The second-order valence-corrected chi connectivity index (χ2v) is 5.19. The molecule has 9 heteroatoms. The van der Waals surface area contributed by atoms with Crippen molar-refractivity contribution in [2.75, 3.05) is 0 Å². The number of primary sulfonamides is 1. The third kappa shape index (κ3) is 1.44. The molecule has 6 nitrogen and oxygen atoms in total. The molecular formula is C9H6F2N2O4S. The van der Waals surface area contributed by atoms with Crippen molar-refractivity contribution in [3.63, 3.8) is 0 Å². The van der Waals surface area contributed by atoms with Gasteiger partial charge in [0.25, 0.3) is 0 Å². The number of fused-ring (bicyclic) bond motifs is 1. The molecule has 2 aliphatic rings. The minimum atomic E-state index is -4.45. The van der Waals surface area contributed by atoms with Gasteiger partial charge >= 0.3 is 5.95 Å². The van der Waals surface area contributed by atoms with Crippen LogP contribution in [0.15, 0.2) is 21.6 Å². The number of hydrogen-bond donors (Lipinski definition) is 1. The Balaban J connectivity index is 2.18. The Kier molecular flexibility index (Phi) is 2.08. The van der Waals surface area contributed by atoms with Crippen LogP contribution in [0.5, 0.6) is 5.95 Å². The zero-order valence-corrected chi connectivity index (χ0v) is 9.50. The number of ether oxygens (including phenoxy) is 1. The molecule has 96 valence electrons. The molecule has 0 amide bonds. The van der Waals surface area contributed by atoms with Gasteiger partial charge in [-0.1, -0.05) is 0 Å². The molecule has 1 aromatic carbocycles. The molecule has 0 fully saturated rings. The monoisotopic (exact) mass is 276 g/mol. The lowest BCUT2D eigenvalue weighted by Gasteiger charge is -2.09. The van der Waals surface area contributed by atoms with Gasteiger partial charge in [0.2, 0.25) is 10.0 Å². The lowest BCUT2D eigenvalue weighted by molar-refractivity contribution is 0.274. The van der Waals surface area contributed by atoms with Gasteiger partial charge in [-0.3, -0.25) is 0 Å². The first-order chi connectivity index (χ1) is 8.38. The molecule has 2 aliphatic heterocycles. The van der Waals surface area contributed by atoms with E-state index in [1.807, 2.05) is 0 Å². The zero-order chi connectivity index (χ0) is 13.1. The van der Waals surface area contributed by atoms with E-state index in [2.05, 4.69) is 0 Å². The van der Waals surface area contributed by atoms with Crippen molar-refractivity contribution < 1.29 is 26.5 Å². The standard InChI is InChI=1S/C9H6F2N2O4S/c10-5-1-4(7-9-16-3-13(7)17-9)2-6(11)8(5)18(12,14)15/h1-2H,3H2,(H2,12,14,15). The number of nitrogens with two attached hydrogens (primary N) is 1. The molecule has 0 saturated heterocycles. The largest absolute Gasteiger partial charge is 0.438 e. The van der Waals surface area contributed by atoms with E-state index in [-0.39, 0.29) is 18.2 Å². The van der Waals surface area contributed by atoms with Crippen LogP contribution >= 0.6 is 0 Å². The van der Waals surface area contributed by atoms with Gasteiger partial charge in [0.1, 0.15) is 11.6 Å². The summed E-state index contributed by atoms with van der Waals surface area (Å²) < 4.78 is 60.3. The predicted octanol–water partition coefficient (Wildman–Crippen LogP) is 1.02. The van der Waals surface area contributed by atoms with Crippen molar-refractivity contribution >= 4 is 10.0 Å². The van der Waals surface area contributed by atoms with Crippen molar-refractivity contribution in [1.82, 2.24) is 4.74 Å². The summed E-state index contributed by atoms with van der Waals surface area (Å²) in [5.74, 6) is -2.36. The Hall–Kier alpha value is -1.87. The van der Waals surface area contributed by atoms with E-state index in [0.29, 0.717) is 5.69 Å². The number of hydrogen-bond acceptors (Lipinski definition) is 4. The van der Waals surface area contributed by atoms with Crippen molar-refractivity contribution in [3.8, 4) is 17.2 Å². The molecule has 0 aliphatic carbocycles. The van der Waals surface area contributed by atoms with Crippen molar-refractivity contribution in [1.29, 1.82) is 0 Å². The average Bonchev–Trinajstić information content (AvgIpc) is 2.73. The average molecular weight is 276 g/mol. The highest BCUT2D eigenvalue weighted by Gasteiger charge is 2.31. The van der Waals surface area contributed by atoms with Crippen molar-refractivity contribution in [2.24, 2.45) is 5.14 Å². The van der Waals surface area contributed by atoms with Gasteiger partial charge in [-0.05, 0) is 12.1 Å². The molecule has 4 rings (SSSR count). The summed E-state index contributed by atoms with van der Waals surface area (Å²) in [7, 11) is -4.45. The molecule has 0 unspecified atom stereocenters. The van der Waals surface area contributed by atoms with E-state index in [0.717, 1.165) is 12.1 Å². The number of rotatable bonds is 2. The number of aromatic nitrogens is 1. The SMILES string of the molecule is NS(=O)(=O)c1c(F)cc(-c2c3on2CO3)cc1F. The molecule has 0 saturated carbocycles. The smallest absolute Gasteiger partial charge is 0.336 e. The van der Waals surface area contributed by atoms with Crippen LogP contribution in [0.25, 0.3) is 11.3 Å². The van der Waals surface area contributed by atoms with Crippen molar-refractivity contribution in [2.45, 2.75) is 11.6 Å². The van der Waals surface area contributed by atoms with E-state index >= 15 is 0 Å². The van der Waals surface area contributed by atoms with E-state index in [9.17, 15) is 17.2 Å². The third-order valence-electron chi connectivity index (χ3n) is 2.50. The summed E-state index contributed by atoms with van der Waals surface area (Å²) in [4.78, 5) is -1.15. The molecule has 0 spiro atoms. The van der Waals surface area contributed by atoms with Crippen LogP contribution in [0, 0.1) is 11.6 Å². The topological polar surface area (TPSA) is 87.5 Å². The summed E-state index contributed by atoms with van der Waals surface area (Å²) >= 11 is 0. The minimum absolute atomic E-state index is 0.121. The zero-order valence-electron chi connectivity index (χ0n) is 8.68. The van der Waals surface area contributed by atoms with E-state index in [4.69, 9.17) is 14.4 Å². The number of nitrogens with zero attached hydrogens (tertiary/aromatic N) is 1. The summed E-state index contributed by atoms with van der Waals surface area (Å²) in [6.45, 7) is 0.130. The van der Waals surface area contributed by atoms with Crippen LogP contribution in [0.3, 0.4) is 0 Å². The van der Waals surface area contributed by atoms with Gasteiger partial charge < -0.3 is 9.26 Å². The Bertz CT molecular complexity index is 707. The lowest BCUT2D eigenvalue weighted by atomic mass is 10.1. The highest BCUT2D eigenvalue weighted by atomic mass is 32.2. The summed E-state index contributed by atoms with van der Waals surface area (Å²) in [6, 6.07) is 1.73. The fraction of sp³-hybridized carbons (Fsp3) is 0.111. The van der Waals surface area contributed by atoms with E-state index in [1.165, 1.54) is 4.74 Å². The van der Waals surface area contributed by atoms with Crippen LogP contribution < -0.4 is 9.88 Å². The molecule has 18 heavy (non-hydrogen) atoms. The molecule has 2 bridgehead atoms. The van der Waals surface area contributed by atoms with Gasteiger partial charge in [-0.25, -0.2) is 22.3 Å². The molecule has 0 atom stereocenters. The molecule has 2 aromatic rings. The Morgan fingerprint density at radius 2 is 1.89 bits per heavy atom. The van der Waals surface area contributed by atoms with Gasteiger partial charge in [-0.15, -0.1) is 0 Å². The highest BCUT2D eigenvalue weighted by Crippen LogP contribution is 2.40. The fourth-order valence-electron chi connectivity index (χ4n) is 1.78. The van der Waals surface area contributed by atoms with Crippen LogP contribution in [0.4, 0.5) is 8.78 Å². The van der Waals surface area contributed by atoms with Crippen molar-refractivity contribution in [3.05, 3.63) is 23.8 Å². The second kappa shape index (κ2) is 3.33. The molecule has 3 heterocycles. The lowest BCUT2D eigenvalue weighted by Crippen LogP contribution is -2.16. The van der Waals surface area contributed by atoms with Gasteiger partial charge in [-0.2, -0.15) is 4.74 Å². The second-order valence-electron chi connectivity index (χ2n) is 3.69. The minimum Gasteiger partial charge on any atom is -0.438 e. The van der Waals surface area contributed by atoms with Crippen LogP contribution in [-0.2, 0) is 16.8 Å². The van der Waals surface area contributed by atoms with Gasteiger partial charge in [0.15, 0.2) is 17.3 Å². The Labute approximate surface area is 99.6 Å². The molecule has 0 radical (unpaired) electrons. The summed E-state index contributed by atoms with van der Waals surface area (Å²) in [6.07, 6.45) is 0. The van der Waals surface area contributed by atoms with Gasteiger partial charge in [0, 0.05) is 5.56 Å². The fourth-order valence-corrected chi connectivity index (χ4v) is 2.45. The maximum absolute atomic E-state index is 13.6. The van der Waals surface area contributed by atoms with E-state index < -0.39 is 26.6 Å². The highest BCUT2D eigenvalue weighted by molar-refractivity contribution is 7.89. The number of sulfonamides is 1. The summed E-state index contributed by atoms with van der Waals surface area (Å²) in [5.41, 5.74) is 0.491. The first kappa shape index (κ1) is 11.2. The van der Waals surface area contributed by atoms with E-state index in [1.54, 1.807) is 0 Å². The molecule has 1 aromatic heterocycles. The number of halogens is 2. The summed E-state index contributed by atoms with van der Waals surface area (Å²) in [5, 5.41) is 4.72. The number of benzene rings is 1. The van der Waals surface area contributed by atoms with Crippen LogP contribution in [0.1, 0.15) is 0 Å². The quantitative estimate of drug-likeness (QED) is 0.887. The van der Waals surface area contributed by atoms with Gasteiger partial charge in [0.05, 0.1) is 0 Å². The Morgan fingerprint density at radius 1 is 1.28 bits per heavy atom. The molecular weight excluding hydrogens is 270 g/mol. The first-order valence-corrected chi connectivity index (χ1v) is 6.27. The van der Waals surface area contributed by atoms with Crippen LogP contribution in [-0.4, -0.2) is 13.2 Å². The molecule has 2 N–H and O–H groups in total. The normalized spacial score (nSPS) is 13.9. The Morgan fingerprint density at radius 3 is 2.28 bits per heavy atom.